The molecule has 0 radical (unpaired) electrons. The van der Waals surface area contributed by atoms with Gasteiger partial charge < -0.3 is 10.1 Å². The van der Waals surface area contributed by atoms with Crippen LogP contribution < -0.4 is 5.32 Å². The summed E-state index contributed by atoms with van der Waals surface area (Å²) in [6.07, 6.45) is 0. The van der Waals surface area contributed by atoms with Crippen molar-refractivity contribution in [1.29, 1.82) is 0 Å². The monoisotopic (exact) mass is 283 g/mol. The van der Waals surface area contributed by atoms with Crippen LogP contribution in [0, 0.1) is 0 Å². The van der Waals surface area contributed by atoms with Gasteiger partial charge in [0.15, 0.2) is 11.8 Å². The van der Waals surface area contributed by atoms with Crippen molar-refractivity contribution in [2.45, 2.75) is 13.0 Å². The van der Waals surface area contributed by atoms with Crippen LogP contribution in [0.4, 0.5) is 5.69 Å². The number of benzene rings is 1. The molecule has 0 bridgehead atoms. The van der Waals surface area contributed by atoms with Crippen molar-refractivity contribution in [2.75, 3.05) is 11.9 Å². The van der Waals surface area contributed by atoms with Gasteiger partial charge in [0.1, 0.15) is 0 Å². The van der Waals surface area contributed by atoms with E-state index >= 15 is 0 Å². The van der Waals surface area contributed by atoms with E-state index in [0.717, 1.165) is 4.47 Å². The SMILES string of the molecule is CCOC(=O)C1Nc2ccc(Br)cc2C1=O. The number of anilines is 1. The molecule has 0 spiro atoms. The van der Waals surface area contributed by atoms with Crippen molar-refractivity contribution >= 4 is 33.4 Å². The van der Waals surface area contributed by atoms with E-state index in [4.69, 9.17) is 4.74 Å². The molecule has 2 rings (SSSR count). The molecule has 0 aromatic heterocycles. The van der Waals surface area contributed by atoms with Crippen LogP contribution in [0.15, 0.2) is 22.7 Å². The molecule has 1 aromatic carbocycles. The highest BCUT2D eigenvalue weighted by Gasteiger charge is 2.36. The Morgan fingerprint density at radius 2 is 2.31 bits per heavy atom. The van der Waals surface area contributed by atoms with Crippen molar-refractivity contribution in [2.24, 2.45) is 0 Å². The van der Waals surface area contributed by atoms with E-state index in [-0.39, 0.29) is 12.4 Å². The van der Waals surface area contributed by atoms with Gasteiger partial charge in [-0.05, 0) is 25.1 Å². The number of Topliss-reactive ketones (excluding diaryl/α,β-unsaturated/α-hetero) is 1. The van der Waals surface area contributed by atoms with Crippen LogP contribution in [0.5, 0.6) is 0 Å². The Bertz CT molecular complexity index is 459. The van der Waals surface area contributed by atoms with E-state index in [1.165, 1.54) is 0 Å². The second-order valence-electron chi connectivity index (χ2n) is 3.38. The summed E-state index contributed by atoms with van der Waals surface area (Å²) in [5.74, 6) is -0.769. The molecule has 0 aliphatic carbocycles. The topological polar surface area (TPSA) is 55.4 Å². The summed E-state index contributed by atoms with van der Waals surface area (Å²) >= 11 is 3.28. The number of esters is 1. The van der Waals surface area contributed by atoms with Gasteiger partial charge in [-0.2, -0.15) is 0 Å². The number of hydrogen-bond acceptors (Lipinski definition) is 4. The summed E-state index contributed by atoms with van der Waals surface area (Å²) in [4.78, 5) is 23.4. The zero-order chi connectivity index (χ0) is 11.7. The lowest BCUT2D eigenvalue weighted by Crippen LogP contribution is -2.33. The highest BCUT2D eigenvalue weighted by Crippen LogP contribution is 2.29. The summed E-state index contributed by atoms with van der Waals surface area (Å²) in [6, 6.07) is 4.37. The lowest BCUT2D eigenvalue weighted by molar-refractivity contribution is -0.142. The van der Waals surface area contributed by atoms with E-state index in [1.54, 1.807) is 19.1 Å². The molecule has 1 aliphatic heterocycles. The number of nitrogens with one attached hydrogen (secondary N) is 1. The number of halogens is 1. The molecule has 1 aliphatic rings. The van der Waals surface area contributed by atoms with E-state index in [9.17, 15) is 9.59 Å². The van der Waals surface area contributed by atoms with Gasteiger partial charge in [-0.25, -0.2) is 4.79 Å². The summed E-state index contributed by atoms with van der Waals surface area (Å²) in [5, 5.41) is 2.85. The molecule has 84 valence electrons. The van der Waals surface area contributed by atoms with Gasteiger partial charge in [0, 0.05) is 15.7 Å². The Labute approximate surface area is 101 Å². The molecule has 4 nitrogen and oxygen atoms in total. The molecule has 5 heteroatoms. The van der Waals surface area contributed by atoms with Gasteiger partial charge in [-0.15, -0.1) is 0 Å². The second kappa shape index (κ2) is 4.25. The van der Waals surface area contributed by atoms with Crippen LogP contribution in [-0.4, -0.2) is 24.4 Å². The first-order chi connectivity index (χ1) is 7.63. The summed E-state index contributed by atoms with van der Waals surface area (Å²) < 4.78 is 5.63. The largest absolute Gasteiger partial charge is 0.464 e. The minimum Gasteiger partial charge on any atom is -0.464 e. The number of hydrogen-bond donors (Lipinski definition) is 1. The molecule has 1 heterocycles. The molecule has 0 amide bonds. The third kappa shape index (κ3) is 1.82. The highest BCUT2D eigenvalue weighted by molar-refractivity contribution is 9.10. The average molecular weight is 284 g/mol. The number of carbonyl (C=O) groups is 2. The average Bonchev–Trinajstić information content (AvgIpc) is 2.57. The molecule has 1 N–H and O–H groups in total. The molecule has 1 aromatic rings. The Hall–Kier alpha value is -1.36. The maximum absolute atomic E-state index is 11.9. The third-order valence-electron chi connectivity index (χ3n) is 2.33. The zero-order valence-corrected chi connectivity index (χ0v) is 10.2. The minimum atomic E-state index is -0.899. The van der Waals surface area contributed by atoms with Crippen LogP contribution in [0.1, 0.15) is 17.3 Å². The summed E-state index contributed by atoms with van der Waals surface area (Å²) in [7, 11) is 0. The van der Waals surface area contributed by atoms with Crippen LogP contribution in [0.3, 0.4) is 0 Å². The van der Waals surface area contributed by atoms with E-state index in [2.05, 4.69) is 21.2 Å². The fraction of sp³-hybridized carbons (Fsp3) is 0.273. The summed E-state index contributed by atoms with van der Waals surface area (Å²) in [5.41, 5.74) is 1.19. The molecule has 0 saturated carbocycles. The fourth-order valence-corrected chi connectivity index (χ4v) is 1.98. The van der Waals surface area contributed by atoms with Crippen molar-refractivity contribution in [3.63, 3.8) is 0 Å². The smallest absolute Gasteiger partial charge is 0.336 e. The van der Waals surface area contributed by atoms with Gasteiger partial charge in [0.25, 0.3) is 0 Å². The molecule has 0 saturated heterocycles. The van der Waals surface area contributed by atoms with Crippen molar-refractivity contribution in [3.05, 3.63) is 28.2 Å². The van der Waals surface area contributed by atoms with Gasteiger partial charge in [0.05, 0.1) is 6.61 Å². The first-order valence-corrected chi connectivity index (χ1v) is 5.69. The van der Waals surface area contributed by atoms with Crippen LogP contribution in [-0.2, 0) is 9.53 Å². The highest BCUT2D eigenvalue weighted by atomic mass is 79.9. The predicted molar refractivity (Wildman–Crippen MR) is 62.5 cm³/mol. The van der Waals surface area contributed by atoms with Gasteiger partial charge in [-0.3, -0.25) is 4.79 Å². The number of carbonyl (C=O) groups excluding carboxylic acids is 2. The molecular weight excluding hydrogens is 274 g/mol. The third-order valence-corrected chi connectivity index (χ3v) is 2.82. The van der Waals surface area contributed by atoms with E-state index in [0.29, 0.717) is 11.3 Å². The van der Waals surface area contributed by atoms with Crippen LogP contribution in [0.25, 0.3) is 0 Å². The maximum atomic E-state index is 11.9. The Morgan fingerprint density at radius 3 is 3.00 bits per heavy atom. The number of fused-ring (bicyclic) bond motifs is 1. The van der Waals surface area contributed by atoms with Gasteiger partial charge >= 0.3 is 5.97 Å². The normalized spacial score (nSPS) is 17.9. The lowest BCUT2D eigenvalue weighted by Gasteiger charge is -2.07. The lowest BCUT2D eigenvalue weighted by atomic mass is 10.1. The number of ether oxygens (including phenoxy) is 1. The Morgan fingerprint density at radius 1 is 1.56 bits per heavy atom. The maximum Gasteiger partial charge on any atom is 0.336 e. The number of rotatable bonds is 2. The molecule has 1 atom stereocenters. The fourth-order valence-electron chi connectivity index (χ4n) is 1.61. The van der Waals surface area contributed by atoms with Gasteiger partial charge in [-0.1, -0.05) is 15.9 Å². The van der Waals surface area contributed by atoms with Crippen molar-refractivity contribution < 1.29 is 14.3 Å². The second-order valence-corrected chi connectivity index (χ2v) is 4.30. The Balaban J connectivity index is 2.27. The first-order valence-electron chi connectivity index (χ1n) is 4.90. The van der Waals surface area contributed by atoms with Gasteiger partial charge in [0.2, 0.25) is 0 Å². The van der Waals surface area contributed by atoms with E-state index in [1.807, 2.05) is 6.07 Å². The summed E-state index contributed by atoms with van der Waals surface area (Å²) in [6.45, 7) is 1.98. The standard InChI is InChI=1S/C11H10BrNO3/c1-2-16-11(15)9-10(14)7-5-6(12)3-4-8(7)13-9/h3-5,9,13H,2H2,1H3. The van der Waals surface area contributed by atoms with Crippen molar-refractivity contribution in [3.8, 4) is 0 Å². The van der Waals surface area contributed by atoms with Crippen molar-refractivity contribution in [1.82, 2.24) is 0 Å². The van der Waals surface area contributed by atoms with Crippen LogP contribution >= 0.6 is 15.9 Å². The molecule has 0 fully saturated rings. The first kappa shape index (κ1) is 11.1. The molecule has 16 heavy (non-hydrogen) atoms. The molecular formula is C11H10BrNO3. The Kier molecular flexibility index (Phi) is 2.96. The zero-order valence-electron chi connectivity index (χ0n) is 8.62. The minimum absolute atomic E-state index is 0.241. The predicted octanol–water partition coefficient (Wildman–Crippen LogP) is 1.99. The van der Waals surface area contributed by atoms with E-state index < -0.39 is 12.0 Å². The number of ketones is 1. The molecule has 1 unspecified atom stereocenters. The van der Waals surface area contributed by atoms with Crippen LogP contribution in [0.2, 0.25) is 0 Å². The quantitative estimate of drug-likeness (QED) is 0.666.